The van der Waals surface area contributed by atoms with Crippen molar-refractivity contribution < 1.29 is 4.39 Å². The van der Waals surface area contributed by atoms with Crippen molar-refractivity contribution in [2.24, 2.45) is 0 Å². The van der Waals surface area contributed by atoms with E-state index < -0.39 is 5.82 Å². The van der Waals surface area contributed by atoms with E-state index in [1.807, 2.05) is 0 Å². The molecule has 21 heavy (non-hydrogen) atoms. The zero-order chi connectivity index (χ0) is 15.0. The summed E-state index contributed by atoms with van der Waals surface area (Å²) in [7, 11) is 0. The van der Waals surface area contributed by atoms with E-state index in [-0.39, 0.29) is 5.88 Å². The van der Waals surface area contributed by atoms with Crippen molar-refractivity contribution in [1.82, 2.24) is 9.55 Å². The van der Waals surface area contributed by atoms with E-state index in [0.717, 1.165) is 0 Å². The number of nitrogens with zero attached hydrogens (tertiary/aromatic N) is 3. The first-order chi connectivity index (χ1) is 10.2. The predicted octanol–water partition coefficient (Wildman–Crippen LogP) is 4.54. The summed E-state index contributed by atoms with van der Waals surface area (Å²) in [5, 5.41) is 9.16. The Kier molecular flexibility index (Phi) is 3.66. The number of imidazole rings is 1. The SMILES string of the molecule is N#Cc1cccc2c1nc(CCl)n2-c1ccc(Br)cc1F. The maximum Gasteiger partial charge on any atom is 0.148 e. The Morgan fingerprint density at radius 3 is 2.81 bits per heavy atom. The van der Waals surface area contributed by atoms with Crippen molar-refractivity contribution >= 4 is 38.6 Å². The Bertz CT molecular complexity index is 882. The normalized spacial score (nSPS) is 10.8. The largest absolute Gasteiger partial charge is 0.292 e. The number of fused-ring (bicyclic) bond motifs is 1. The molecule has 6 heteroatoms. The van der Waals surface area contributed by atoms with E-state index in [2.05, 4.69) is 27.0 Å². The molecule has 104 valence electrons. The van der Waals surface area contributed by atoms with Gasteiger partial charge in [0.15, 0.2) is 0 Å². The third-order valence-corrected chi connectivity index (χ3v) is 3.88. The van der Waals surface area contributed by atoms with Crippen LogP contribution < -0.4 is 0 Å². The van der Waals surface area contributed by atoms with Crippen LogP contribution in [0.15, 0.2) is 40.9 Å². The number of halogens is 3. The molecule has 0 fully saturated rings. The van der Waals surface area contributed by atoms with Crippen LogP contribution >= 0.6 is 27.5 Å². The predicted molar refractivity (Wildman–Crippen MR) is 83.0 cm³/mol. The second-order valence-corrected chi connectivity index (χ2v) is 5.56. The summed E-state index contributed by atoms with van der Waals surface area (Å²) < 4.78 is 16.5. The maximum atomic E-state index is 14.3. The van der Waals surface area contributed by atoms with E-state index in [9.17, 15) is 4.39 Å². The highest BCUT2D eigenvalue weighted by Gasteiger charge is 2.16. The van der Waals surface area contributed by atoms with Crippen LogP contribution in [0.1, 0.15) is 11.4 Å². The van der Waals surface area contributed by atoms with Crippen LogP contribution in [0, 0.1) is 17.1 Å². The quantitative estimate of drug-likeness (QED) is 0.627. The summed E-state index contributed by atoms with van der Waals surface area (Å²) in [6.07, 6.45) is 0. The molecule has 0 amide bonds. The Morgan fingerprint density at radius 1 is 1.33 bits per heavy atom. The van der Waals surface area contributed by atoms with Gasteiger partial charge in [-0.1, -0.05) is 22.0 Å². The molecule has 0 aliphatic rings. The average Bonchev–Trinajstić information content (AvgIpc) is 2.85. The minimum Gasteiger partial charge on any atom is -0.292 e. The van der Waals surface area contributed by atoms with Gasteiger partial charge in [0.1, 0.15) is 23.2 Å². The number of hydrogen-bond acceptors (Lipinski definition) is 2. The number of hydrogen-bond donors (Lipinski definition) is 0. The van der Waals surface area contributed by atoms with E-state index in [1.54, 1.807) is 34.9 Å². The van der Waals surface area contributed by atoms with Gasteiger partial charge in [0.2, 0.25) is 0 Å². The molecule has 0 saturated heterocycles. The molecule has 0 unspecified atom stereocenters. The van der Waals surface area contributed by atoms with Gasteiger partial charge in [0.25, 0.3) is 0 Å². The lowest BCUT2D eigenvalue weighted by molar-refractivity contribution is 0.617. The number of para-hydroxylation sites is 1. The van der Waals surface area contributed by atoms with Crippen molar-refractivity contribution in [3.63, 3.8) is 0 Å². The molecule has 0 saturated carbocycles. The summed E-state index contributed by atoms with van der Waals surface area (Å²) in [5.41, 5.74) is 1.98. The number of alkyl halides is 1. The van der Waals surface area contributed by atoms with Gasteiger partial charge >= 0.3 is 0 Å². The maximum absolute atomic E-state index is 14.3. The molecule has 0 bridgehead atoms. The van der Waals surface area contributed by atoms with Gasteiger partial charge in [-0.25, -0.2) is 9.37 Å². The lowest BCUT2D eigenvalue weighted by atomic mass is 10.2. The van der Waals surface area contributed by atoms with Gasteiger partial charge < -0.3 is 0 Å². The second kappa shape index (κ2) is 5.47. The molecule has 0 atom stereocenters. The molecule has 0 N–H and O–H groups in total. The van der Waals surface area contributed by atoms with Crippen molar-refractivity contribution in [3.05, 3.63) is 58.1 Å². The van der Waals surface area contributed by atoms with Crippen molar-refractivity contribution in [1.29, 1.82) is 5.26 Å². The molecule has 0 spiro atoms. The van der Waals surface area contributed by atoms with E-state index >= 15 is 0 Å². The first kappa shape index (κ1) is 14.1. The van der Waals surface area contributed by atoms with Crippen molar-refractivity contribution in [2.75, 3.05) is 0 Å². The van der Waals surface area contributed by atoms with E-state index in [1.165, 1.54) is 6.07 Å². The highest BCUT2D eigenvalue weighted by molar-refractivity contribution is 9.10. The van der Waals surface area contributed by atoms with Crippen LogP contribution in [0.3, 0.4) is 0 Å². The van der Waals surface area contributed by atoms with Gasteiger partial charge in [-0.3, -0.25) is 4.57 Å². The third kappa shape index (κ3) is 2.31. The molecule has 2 aromatic carbocycles. The number of nitriles is 1. The van der Waals surface area contributed by atoms with Crippen molar-refractivity contribution in [2.45, 2.75) is 5.88 Å². The smallest absolute Gasteiger partial charge is 0.148 e. The van der Waals surface area contributed by atoms with Crippen LogP contribution in [0.4, 0.5) is 4.39 Å². The first-order valence-electron chi connectivity index (χ1n) is 6.07. The minimum atomic E-state index is -0.391. The number of rotatable bonds is 2. The number of aromatic nitrogens is 2. The van der Waals surface area contributed by atoms with Gasteiger partial charge in [-0.05, 0) is 30.3 Å². The summed E-state index contributed by atoms with van der Waals surface area (Å²) in [4.78, 5) is 4.37. The topological polar surface area (TPSA) is 41.6 Å². The van der Waals surface area contributed by atoms with Crippen molar-refractivity contribution in [3.8, 4) is 11.8 Å². The monoisotopic (exact) mass is 363 g/mol. The highest BCUT2D eigenvalue weighted by atomic mass is 79.9. The molecular weight excluding hydrogens is 357 g/mol. The van der Waals surface area contributed by atoms with Gasteiger partial charge in [0, 0.05) is 4.47 Å². The summed E-state index contributed by atoms with van der Waals surface area (Å²) in [5.74, 6) is 0.225. The zero-order valence-corrected chi connectivity index (χ0v) is 13.0. The fourth-order valence-electron chi connectivity index (χ4n) is 2.26. The second-order valence-electron chi connectivity index (χ2n) is 4.38. The molecule has 1 heterocycles. The molecule has 3 rings (SSSR count). The zero-order valence-electron chi connectivity index (χ0n) is 10.6. The fourth-order valence-corrected chi connectivity index (χ4v) is 2.77. The summed E-state index contributed by atoms with van der Waals surface area (Å²) >= 11 is 9.17. The minimum absolute atomic E-state index is 0.120. The fraction of sp³-hybridized carbons (Fsp3) is 0.0667. The highest BCUT2D eigenvalue weighted by Crippen LogP contribution is 2.27. The lowest BCUT2D eigenvalue weighted by Gasteiger charge is -2.09. The molecule has 3 aromatic rings. The summed E-state index contributed by atoms with van der Waals surface area (Å²) in [6.45, 7) is 0. The van der Waals surface area contributed by atoms with Gasteiger partial charge in [0.05, 0.1) is 22.6 Å². The molecular formula is C15H8BrClFN3. The third-order valence-electron chi connectivity index (χ3n) is 3.15. The van der Waals surface area contributed by atoms with E-state index in [0.29, 0.717) is 32.6 Å². The van der Waals surface area contributed by atoms with E-state index in [4.69, 9.17) is 16.9 Å². The van der Waals surface area contributed by atoms with Crippen LogP contribution in [-0.2, 0) is 5.88 Å². The van der Waals surface area contributed by atoms with Crippen LogP contribution in [-0.4, -0.2) is 9.55 Å². The first-order valence-corrected chi connectivity index (χ1v) is 7.40. The Balaban J connectivity index is 2.39. The van der Waals surface area contributed by atoms with Crippen LogP contribution in [0.25, 0.3) is 16.7 Å². The van der Waals surface area contributed by atoms with Crippen LogP contribution in [0.5, 0.6) is 0 Å². The Hall–Kier alpha value is -1.90. The number of benzene rings is 2. The van der Waals surface area contributed by atoms with Crippen LogP contribution in [0.2, 0.25) is 0 Å². The Morgan fingerprint density at radius 2 is 2.14 bits per heavy atom. The standard InChI is InChI=1S/C15H8BrClFN3/c16-10-4-5-12(11(18)6-10)21-13-3-1-2-9(8-19)15(13)20-14(21)7-17/h1-6H,7H2. The molecule has 0 aliphatic heterocycles. The molecule has 3 nitrogen and oxygen atoms in total. The molecule has 0 radical (unpaired) electrons. The average molecular weight is 365 g/mol. The lowest BCUT2D eigenvalue weighted by Crippen LogP contribution is -2.02. The molecule has 0 aliphatic carbocycles. The summed E-state index contributed by atoms with van der Waals surface area (Å²) in [6, 6.07) is 12.1. The van der Waals surface area contributed by atoms with Gasteiger partial charge in [-0.2, -0.15) is 5.26 Å². The Labute approximate surface area is 133 Å². The molecule has 1 aromatic heterocycles. The van der Waals surface area contributed by atoms with Gasteiger partial charge in [-0.15, -0.1) is 11.6 Å².